The molecule has 1 aliphatic heterocycles. The standard InChI is InChI=1S/C11H20O3/c1-7(12)9(13)8-6-10(2,3)14-11(8,4)5/h7-8,12H,6H2,1-5H3. The molecule has 1 fully saturated rings. The molecule has 0 saturated carbocycles. The molecule has 1 heterocycles. The molecular formula is C11H20O3. The molecule has 14 heavy (non-hydrogen) atoms. The predicted molar refractivity (Wildman–Crippen MR) is 54.0 cm³/mol. The van der Waals surface area contributed by atoms with Gasteiger partial charge in [-0.25, -0.2) is 0 Å². The summed E-state index contributed by atoms with van der Waals surface area (Å²) in [4.78, 5) is 11.7. The van der Waals surface area contributed by atoms with Gasteiger partial charge in [0, 0.05) is 0 Å². The minimum atomic E-state index is -0.892. The lowest BCUT2D eigenvalue weighted by atomic mass is 9.82. The minimum Gasteiger partial charge on any atom is -0.386 e. The summed E-state index contributed by atoms with van der Waals surface area (Å²) in [5, 5.41) is 9.28. The van der Waals surface area contributed by atoms with Crippen LogP contribution in [0.3, 0.4) is 0 Å². The van der Waals surface area contributed by atoms with Crippen LogP contribution in [0.4, 0.5) is 0 Å². The number of ether oxygens (including phenoxy) is 1. The van der Waals surface area contributed by atoms with E-state index in [2.05, 4.69) is 0 Å². The maximum atomic E-state index is 11.7. The molecule has 1 saturated heterocycles. The highest BCUT2D eigenvalue weighted by Gasteiger charge is 2.49. The maximum Gasteiger partial charge on any atom is 0.167 e. The first-order chi connectivity index (χ1) is 6.16. The molecule has 0 radical (unpaired) electrons. The van der Waals surface area contributed by atoms with E-state index in [1.807, 2.05) is 27.7 Å². The average molecular weight is 200 g/mol. The molecular weight excluding hydrogens is 180 g/mol. The van der Waals surface area contributed by atoms with Crippen LogP contribution < -0.4 is 0 Å². The van der Waals surface area contributed by atoms with Crippen molar-refractivity contribution in [3.05, 3.63) is 0 Å². The number of aliphatic hydroxyl groups excluding tert-OH is 1. The van der Waals surface area contributed by atoms with E-state index in [-0.39, 0.29) is 17.3 Å². The monoisotopic (exact) mass is 200 g/mol. The van der Waals surface area contributed by atoms with Gasteiger partial charge in [0.05, 0.1) is 17.1 Å². The zero-order valence-corrected chi connectivity index (χ0v) is 9.63. The van der Waals surface area contributed by atoms with Crippen LogP contribution in [0, 0.1) is 5.92 Å². The average Bonchev–Trinajstić information content (AvgIpc) is 2.17. The molecule has 1 aliphatic rings. The van der Waals surface area contributed by atoms with Crippen LogP contribution in [-0.2, 0) is 9.53 Å². The fourth-order valence-electron chi connectivity index (χ4n) is 2.30. The Bertz CT molecular complexity index is 241. The van der Waals surface area contributed by atoms with Gasteiger partial charge in [-0.3, -0.25) is 4.79 Å². The molecule has 1 rings (SSSR count). The van der Waals surface area contributed by atoms with Crippen molar-refractivity contribution in [2.75, 3.05) is 0 Å². The van der Waals surface area contributed by atoms with E-state index in [9.17, 15) is 9.90 Å². The van der Waals surface area contributed by atoms with Crippen LogP contribution in [0.25, 0.3) is 0 Å². The smallest absolute Gasteiger partial charge is 0.167 e. The van der Waals surface area contributed by atoms with Crippen molar-refractivity contribution >= 4 is 5.78 Å². The SMILES string of the molecule is CC(O)C(=O)C1CC(C)(C)OC1(C)C. The van der Waals surface area contributed by atoms with Gasteiger partial charge in [0.1, 0.15) is 6.10 Å². The van der Waals surface area contributed by atoms with Crippen molar-refractivity contribution in [2.24, 2.45) is 5.92 Å². The Morgan fingerprint density at radius 1 is 1.43 bits per heavy atom. The second-order valence-corrected chi connectivity index (χ2v) is 5.30. The number of hydrogen-bond donors (Lipinski definition) is 1. The highest BCUT2D eigenvalue weighted by molar-refractivity contribution is 5.86. The Hall–Kier alpha value is -0.410. The van der Waals surface area contributed by atoms with Crippen LogP contribution in [0.15, 0.2) is 0 Å². The fourth-order valence-corrected chi connectivity index (χ4v) is 2.30. The van der Waals surface area contributed by atoms with Crippen molar-refractivity contribution in [1.29, 1.82) is 0 Å². The fraction of sp³-hybridized carbons (Fsp3) is 0.909. The normalized spacial score (nSPS) is 31.4. The van der Waals surface area contributed by atoms with Gasteiger partial charge in [-0.1, -0.05) is 0 Å². The summed E-state index contributed by atoms with van der Waals surface area (Å²) in [5.41, 5.74) is -0.726. The third-order valence-corrected chi connectivity index (χ3v) is 2.83. The Labute approximate surface area is 85.5 Å². The first-order valence-electron chi connectivity index (χ1n) is 5.08. The van der Waals surface area contributed by atoms with Crippen molar-refractivity contribution in [3.8, 4) is 0 Å². The molecule has 3 heteroatoms. The lowest BCUT2D eigenvalue weighted by Gasteiger charge is -2.27. The molecule has 2 unspecified atom stereocenters. The van der Waals surface area contributed by atoms with Gasteiger partial charge in [-0.2, -0.15) is 0 Å². The Morgan fingerprint density at radius 3 is 2.21 bits per heavy atom. The van der Waals surface area contributed by atoms with Crippen molar-refractivity contribution in [3.63, 3.8) is 0 Å². The molecule has 0 spiro atoms. The Balaban J connectivity index is 2.85. The highest BCUT2D eigenvalue weighted by atomic mass is 16.5. The molecule has 0 aromatic rings. The van der Waals surface area contributed by atoms with Crippen molar-refractivity contribution in [1.82, 2.24) is 0 Å². The first kappa shape index (κ1) is 11.7. The van der Waals surface area contributed by atoms with E-state index in [1.165, 1.54) is 6.92 Å². The van der Waals surface area contributed by atoms with Crippen LogP contribution in [0.5, 0.6) is 0 Å². The summed E-state index contributed by atoms with van der Waals surface area (Å²) in [6.07, 6.45) is -0.208. The molecule has 0 bridgehead atoms. The van der Waals surface area contributed by atoms with Gasteiger partial charge >= 0.3 is 0 Å². The summed E-state index contributed by atoms with van der Waals surface area (Å²) in [7, 11) is 0. The summed E-state index contributed by atoms with van der Waals surface area (Å²) < 4.78 is 5.79. The van der Waals surface area contributed by atoms with Gasteiger partial charge in [0.2, 0.25) is 0 Å². The van der Waals surface area contributed by atoms with E-state index in [4.69, 9.17) is 4.74 Å². The maximum absolute atomic E-state index is 11.7. The Morgan fingerprint density at radius 2 is 1.93 bits per heavy atom. The summed E-state index contributed by atoms with van der Waals surface area (Å²) >= 11 is 0. The number of hydrogen-bond acceptors (Lipinski definition) is 3. The first-order valence-corrected chi connectivity index (χ1v) is 5.08. The molecule has 0 aliphatic carbocycles. The molecule has 3 nitrogen and oxygen atoms in total. The molecule has 0 amide bonds. The van der Waals surface area contributed by atoms with Gasteiger partial charge < -0.3 is 9.84 Å². The number of aliphatic hydroxyl groups is 1. The third kappa shape index (κ3) is 2.15. The number of carbonyl (C=O) groups is 1. The topological polar surface area (TPSA) is 46.5 Å². The second kappa shape index (κ2) is 3.31. The zero-order chi connectivity index (χ0) is 11.1. The third-order valence-electron chi connectivity index (χ3n) is 2.83. The van der Waals surface area contributed by atoms with Crippen LogP contribution in [0.1, 0.15) is 41.0 Å². The second-order valence-electron chi connectivity index (χ2n) is 5.30. The lowest BCUT2D eigenvalue weighted by molar-refractivity contribution is -0.136. The van der Waals surface area contributed by atoms with Crippen LogP contribution >= 0.6 is 0 Å². The predicted octanol–water partition coefficient (Wildman–Crippen LogP) is 1.53. The molecule has 82 valence electrons. The quantitative estimate of drug-likeness (QED) is 0.735. The number of rotatable bonds is 2. The highest BCUT2D eigenvalue weighted by Crippen LogP contribution is 2.42. The largest absolute Gasteiger partial charge is 0.386 e. The summed E-state index contributed by atoms with van der Waals surface area (Å²) in [5.74, 6) is -0.307. The van der Waals surface area contributed by atoms with Gasteiger partial charge in [-0.05, 0) is 41.0 Å². The van der Waals surface area contributed by atoms with E-state index >= 15 is 0 Å². The molecule has 0 aromatic carbocycles. The van der Waals surface area contributed by atoms with Gasteiger partial charge in [0.15, 0.2) is 5.78 Å². The van der Waals surface area contributed by atoms with E-state index < -0.39 is 11.7 Å². The van der Waals surface area contributed by atoms with E-state index in [0.29, 0.717) is 6.42 Å². The molecule has 0 aromatic heterocycles. The minimum absolute atomic E-state index is 0.111. The van der Waals surface area contributed by atoms with E-state index in [1.54, 1.807) is 0 Å². The van der Waals surface area contributed by atoms with Crippen LogP contribution in [-0.4, -0.2) is 28.2 Å². The molecule has 1 N–H and O–H groups in total. The summed E-state index contributed by atoms with van der Waals surface area (Å²) in [6, 6.07) is 0. The lowest BCUT2D eigenvalue weighted by Crippen LogP contribution is -2.37. The van der Waals surface area contributed by atoms with Crippen molar-refractivity contribution < 1.29 is 14.6 Å². The Kier molecular flexibility index (Phi) is 2.76. The van der Waals surface area contributed by atoms with Crippen molar-refractivity contribution in [2.45, 2.75) is 58.3 Å². The van der Waals surface area contributed by atoms with Crippen LogP contribution in [0.2, 0.25) is 0 Å². The zero-order valence-electron chi connectivity index (χ0n) is 9.63. The number of ketones is 1. The number of Topliss-reactive ketones (excluding diaryl/α,β-unsaturated/α-hetero) is 1. The number of carbonyl (C=O) groups excluding carboxylic acids is 1. The van der Waals surface area contributed by atoms with E-state index in [0.717, 1.165) is 0 Å². The van der Waals surface area contributed by atoms with Gasteiger partial charge in [-0.15, -0.1) is 0 Å². The summed E-state index contributed by atoms with van der Waals surface area (Å²) in [6.45, 7) is 9.29. The van der Waals surface area contributed by atoms with Gasteiger partial charge in [0.25, 0.3) is 0 Å². The molecule has 2 atom stereocenters.